The van der Waals surface area contributed by atoms with Crippen molar-refractivity contribution in [2.45, 2.75) is 19.0 Å². The van der Waals surface area contributed by atoms with E-state index in [1.54, 1.807) is 34.2 Å². The molecule has 7 nitrogen and oxygen atoms in total. The Labute approximate surface area is 170 Å². The molecule has 4 heterocycles. The van der Waals surface area contributed by atoms with E-state index in [0.717, 1.165) is 16.5 Å². The first kappa shape index (κ1) is 20.3. The highest BCUT2D eigenvalue weighted by atomic mass is 19.4. The Morgan fingerprint density at radius 1 is 1.13 bits per heavy atom. The lowest BCUT2D eigenvalue weighted by Gasteiger charge is -2.32. The molecule has 30 heavy (non-hydrogen) atoms. The maximum Gasteiger partial charge on any atom is 0.391 e. The molecular weight excluding hydrogens is 397 g/mol. The minimum absolute atomic E-state index is 0.0216. The lowest BCUT2D eigenvalue weighted by Crippen LogP contribution is -2.42. The quantitative estimate of drug-likeness (QED) is 0.704. The maximum atomic E-state index is 12.8. The number of aromatic nitrogens is 4. The molecule has 158 valence electrons. The van der Waals surface area contributed by atoms with Crippen molar-refractivity contribution in [1.82, 2.24) is 24.6 Å². The number of halogens is 3. The van der Waals surface area contributed by atoms with E-state index in [0.29, 0.717) is 11.3 Å². The molecule has 1 fully saturated rings. The Kier molecular flexibility index (Phi) is 5.42. The lowest BCUT2D eigenvalue weighted by atomic mass is 9.96. The summed E-state index contributed by atoms with van der Waals surface area (Å²) >= 11 is 0. The van der Waals surface area contributed by atoms with Gasteiger partial charge in [0.15, 0.2) is 0 Å². The van der Waals surface area contributed by atoms with E-state index in [9.17, 15) is 18.0 Å². The Morgan fingerprint density at radius 3 is 2.57 bits per heavy atom. The number of amides is 1. The van der Waals surface area contributed by atoms with Gasteiger partial charge in [0.25, 0.3) is 0 Å². The number of anilines is 1. The van der Waals surface area contributed by atoms with Gasteiger partial charge in [-0.05, 0) is 38.1 Å². The molecular formula is C20H21F3N6O. The molecule has 1 aliphatic heterocycles. The van der Waals surface area contributed by atoms with Crippen molar-refractivity contribution < 1.29 is 18.0 Å². The molecule has 1 aliphatic rings. The second-order valence-electron chi connectivity index (χ2n) is 7.53. The Balaban J connectivity index is 1.40. The van der Waals surface area contributed by atoms with Gasteiger partial charge in [-0.15, -0.1) is 0 Å². The normalized spacial score (nSPS) is 16.1. The number of carbonyl (C=O) groups excluding carboxylic acids is 1. The third-order valence-electron chi connectivity index (χ3n) is 5.29. The fraction of sp³-hybridized carbons (Fsp3) is 0.400. The van der Waals surface area contributed by atoms with E-state index < -0.39 is 12.1 Å². The predicted molar refractivity (Wildman–Crippen MR) is 106 cm³/mol. The van der Waals surface area contributed by atoms with Crippen LogP contribution in [0.2, 0.25) is 0 Å². The first-order valence-corrected chi connectivity index (χ1v) is 9.62. The van der Waals surface area contributed by atoms with E-state index in [1.165, 1.54) is 0 Å². The summed E-state index contributed by atoms with van der Waals surface area (Å²) < 4.78 is 40.0. The van der Waals surface area contributed by atoms with Crippen molar-refractivity contribution in [3.05, 3.63) is 36.9 Å². The summed E-state index contributed by atoms with van der Waals surface area (Å²) in [5, 5.41) is 7.70. The number of nitrogens with zero attached hydrogens (tertiary/aromatic N) is 5. The third-order valence-corrected chi connectivity index (χ3v) is 5.29. The Morgan fingerprint density at radius 2 is 1.90 bits per heavy atom. The van der Waals surface area contributed by atoms with E-state index in [1.807, 2.05) is 19.3 Å². The topological polar surface area (TPSA) is 75.9 Å². The van der Waals surface area contributed by atoms with Crippen LogP contribution in [0.25, 0.3) is 22.0 Å². The van der Waals surface area contributed by atoms with E-state index in [2.05, 4.69) is 20.4 Å². The first-order chi connectivity index (χ1) is 14.3. The monoisotopic (exact) mass is 418 g/mol. The number of likely N-dealkylation sites (tertiary alicyclic amines) is 1. The van der Waals surface area contributed by atoms with Gasteiger partial charge < -0.3 is 5.32 Å². The molecule has 4 rings (SSSR count). The summed E-state index contributed by atoms with van der Waals surface area (Å²) in [6.45, 7) is 0.542. The van der Waals surface area contributed by atoms with Gasteiger partial charge in [0, 0.05) is 36.0 Å². The molecule has 1 N–H and O–H groups in total. The lowest BCUT2D eigenvalue weighted by molar-refractivity contribution is -0.184. The molecule has 0 unspecified atom stereocenters. The van der Waals surface area contributed by atoms with Crippen LogP contribution in [0.5, 0.6) is 0 Å². The Bertz CT molecular complexity index is 1060. The second-order valence-corrected chi connectivity index (χ2v) is 7.53. The molecule has 3 aromatic heterocycles. The molecule has 3 aromatic rings. The van der Waals surface area contributed by atoms with Crippen LogP contribution in [-0.4, -0.2) is 56.4 Å². The standard InChI is InChI=1S/C20H21F3N6O/c1-28-11-15(9-26-28)14-6-13-7-18(25-10-17(13)24-8-14)27-19(30)12-29-4-2-16(3-5-29)20(21,22)23/h6-11,16H,2-5,12H2,1H3,(H,25,27,30). The average Bonchev–Trinajstić information content (AvgIpc) is 3.13. The molecule has 1 amide bonds. The van der Waals surface area contributed by atoms with Crippen molar-refractivity contribution in [2.75, 3.05) is 25.0 Å². The summed E-state index contributed by atoms with van der Waals surface area (Å²) in [6, 6.07) is 3.68. The predicted octanol–water partition coefficient (Wildman–Crippen LogP) is 3.24. The molecule has 10 heteroatoms. The Hall–Kier alpha value is -3.01. The van der Waals surface area contributed by atoms with Crippen molar-refractivity contribution in [3.8, 4) is 11.1 Å². The molecule has 0 aromatic carbocycles. The number of hydrogen-bond donors (Lipinski definition) is 1. The van der Waals surface area contributed by atoms with Gasteiger partial charge in [-0.25, -0.2) is 4.98 Å². The maximum absolute atomic E-state index is 12.8. The summed E-state index contributed by atoms with van der Waals surface area (Å²) in [5.41, 5.74) is 2.51. The van der Waals surface area contributed by atoms with Crippen LogP contribution in [0.4, 0.5) is 19.0 Å². The number of aryl methyl sites for hydroxylation is 1. The highest BCUT2D eigenvalue weighted by Gasteiger charge is 2.41. The van der Waals surface area contributed by atoms with Gasteiger partial charge in [0.2, 0.25) is 5.91 Å². The largest absolute Gasteiger partial charge is 0.391 e. The number of alkyl halides is 3. The van der Waals surface area contributed by atoms with Crippen molar-refractivity contribution in [3.63, 3.8) is 0 Å². The van der Waals surface area contributed by atoms with Gasteiger partial charge in [-0.3, -0.25) is 19.4 Å². The summed E-state index contributed by atoms with van der Waals surface area (Å²) in [4.78, 5) is 22.7. The summed E-state index contributed by atoms with van der Waals surface area (Å²) in [5.74, 6) is -1.20. The van der Waals surface area contributed by atoms with Crippen LogP contribution in [0.3, 0.4) is 0 Å². The molecule has 0 atom stereocenters. The van der Waals surface area contributed by atoms with Crippen LogP contribution in [0.15, 0.2) is 36.9 Å². The fourth-order valence-electron chi connectivity index (χ4n) is 3.63. The van der Waals surface area contributed by atoms with Crippen LogP contribution in [0, 0.1) is 5.92 Å². The van der Waals surface area contributed by atoms with E-state index >= 15 is 0 Å². The zero-order valence-corrected chi connectivity index (χ0v) is 16.4. The number of nitrogens with one attached hydrogen (secondary N) is 1. The van der Waals surface area contributed by atoms with Crippen molar-refractivity contribution in [2.24, 2.45) is 13.0 Å². The number of rotatable bonds is 4. The number of carbonyl (C=O) groups is 1. The average molecular weight is 418 g/mol. The van der Waals surface area contributed by atoms with Gasteiger partial charge in [-0.1, -0.05) is 0 Å². The minimum Gasteiger partial charge on any atom is -0.310 e. The smallest absolute Gasteiger partial charge is 0.310 e. The van der Waals surface area contributed by atoms with E-state index in [-0.39, 0.29) is 38.4 Å². The minimum atomic E-state index is -4.16. The van der Waals surface area contributed by atoms with Gasteiger partial charge in [0.05, 0.1) is 30.4 Å². The molecule has 1 saturated heterocycles. The fourth-order valence-corrected chi connectivity index (χ4v) is 3.63. The molecule has 0 bridgehead atoms. The van der Waals surface area contributed by atoms with Crippen LogP contribution >= 0.6 is 0 Å². The molecule has 0 radical (unpaired) electrons. The number of pyridine rings is 2. The third kappa shape index (κ3) is 4.59. The van der Waals surface area contributed by atoms with Gasteiger partial charge in [-0.2, -0.15) is 18.3 Å². The molecule has 0 saturated carbocycles. The van der Waals surface area contributed by atoms with Gasteiger partial charge >= 0.3 is 6.18 Å². The van der Waals surface area contributed by atoms with Gasteiger partial charge in [0.1, 0.15) is 5.82 Å². The second kappa shape index (κ2) is 8.02. The number of piperidine rings is 1. The zero-order chi connectivity index (χ0) is 21.3. The number of hydrogen-bond acceptors (Lipinski definition) is 5. The van der Waals surface area contributed by atoms with Crippen molar-refractivity contribution >= 4 is 22.6 Å². The first-order valence-electron chi connectivity index (χ1n) is 9.62. The van der Waals surface area contributed by atoms with Crippen LogP contribution in [-0.2, 0) is 11.8 Å². The van der Waals surface area contributed by atoms with Crippen LogP contribution in [0.1, 0.15) is 12.8 Å². The SMILES string of the molecule is Cn1cc(-c2cnc3cnc(NC(=O)CN4CCC(C(F)(F)F)CC4)cc3c2)cn1. The highest BCUT2D eigenvalue weighted by Crippen LogP contribution is 2.34. The summed E-state index contributed by atoms with van der Waals surface area (Å²) in [6.07, 6.45) is 2.83. The molecule has 0 spiro atoms. The highest BCUT2D eigenvalue weighted by molar-refractivity contribution is 5.93. The number of fused-ring (bicyclic) bond motifs is 1. The van der Waals surface area contributed by atoms with Crippen LogP contribution < -0.4 is 5.32 Å². The zero-order valence-electron chi connectivity index (χ0n) is 16.4. The van der Waals surface area contributed by atoms with Crippen molar-refractivity contribution in [1.29, 1.82) is 0 Å². The van der Waals surface area contributed by atoms with E-state index in [4.69, 9.17) is 0 Å². The molecule has 0 aliphatic carbocycles. The summed E-state index contributed by atoms with van der Waals surface area (Å²) in [7, 11) is 1.83.